The lowest BCUT2D eigenvalue weighted by Crippen LogP contribution is -2.31. The number of rotatable bonds is 4. The van der Waals surface area contributed by atoms with Crippen molar-refractivity contribution in [1.29, 1.82) is 0 Å². The van der Waals surface area contributed by atoms with E-state index in [-0.39, 0.29) is 12.2 Å². The van der Waals surface area contributed by atoms with E-state index in [1.165, 1.54) is 0 Å². The number of para-hydroxylation sites is 1. The molecule has 0 saturated heterocycles. The van der Waals surface area contributed by atoms with Crippen LogP contribution in [0.5, 0.6) is 11.5 Å². The van der Waals surface area contributed by atoms with E-state index in [4.69, 9.17) is 15.3 Å². The number of amides is 2. The smallest absolute Gasteiger partial charge is 0.323 e. The Kier molecular flexibility index (Phi) is 4.74. The molecule has 7 nitrogen and oxygen atoms in total. The number of nitrogens with one attached hydrogen (secondary N) is 2. The first-order chi connectivity index (χ1) is 13.6. The van der Waals surface area contributed by atoms with E-state index < -0.39 is 0 Å². The number of nitrogens with zero attached hydrogens (tertiary/aromatic N) is 1. The number of hydrogen-bond acceptors (Lipinski definition) is 5. The fourth-order valence-electron chi connectivity index (χ4n) is 3.00. The molecule has 4 rings (SSSR count). The molecule has 4 N–H and O–H groups in total. The fourth-order valence-corrected chi connectivity index (χ4v) is 3.00. The summed E-state index contributed by atoms with van der Waals surface area (Å²) in [6, 6.07) is 21.7. The summed E-state index contributed by atoms with van der Waals surface area (Å²) in [4.78, 5) is 18.0. The Hall–Kier alpha value is -3.71. The summed E-state index contributed by atoms with van der Waals surface area (Å²) < 4.78 is 5.15. The first-order valence-corrected chi connectivity index (χ1v) is 8.78. The van der Waals surface area contributed by atoms with Crippen LogP contribution >= 0.6 is 0 Å². The lowest BCUT2D eigenvalue weighted by atomic mass is 10.1. The number of hydrogen-bond donors (Lipinski definition) is 3. The number of anilines is 3. The third-order valence-electron chi connectivity index (χ3n) is 4.39. The molecule has 0 spiro atoms. The zero-order valence-electron chi connectivity index (χ0n) is 15.3. The summed E-state index contributed by atoms with van der Waals surface area (Å²) in [5, 5.41) is 7.20. The van der Waals surface area contributed by atoms with Gasteiger partial charge in [0.2, 0.25) is 0 Å². The van der Waals surface area contributed by atoms with Crippen LogP contribution in [-0.2, 0) is 0 Å². The van der Waals surface area contributed by atoms with Gasteiger partial charge in [0.25, 0.3) is 0 Å². The van der Waals surface area contributed by atoms with Crippen molar-refractivity contribution in [3.8, 4) is 11.5 Å². The van der Waals surface area contributed by atoms with Crippen LogP contribution in [0, 0.1) is 0 Å². The second kappa shape index (κ2) is 7.50. The molecule has 0 radical (unpaired) electrons. The largest absolute Gasteiger partial charge is 0.497 e. The van der Waals surface area contributed by atoms with Crippen molar-refractivity contribution in [1.82, 2.24) is 0 Å². The summed E-state index contributed by atoms with van der Waals surface area (Å²) in [6.45, 7) is 0. The number of benzene rings is 3. The highest BCUT2D eigenvalue weighted by Gasteiger charge is 2.29. The maximum atomic E-state index is 12.2. The van der Waals surface area contributed by atoms with Gasteiger partial charge in [0.15, 0.2) is 5.75 Å². The van der Waals surface area contributed by atoms with Gasteiger partial charge in [0.05, 0.1) is 12.8 Å². The Balaban J connectivity index is 1.40. The summed E-state index contributed by atoms with van der Waals surface area (Å²) >= 11 is 0. The van der Waals surface area contributed by atoms with Crippen molar-refractivity contribution in [3.05, 3.63) is 78.4 Å². The third kappa shape index (κ3) is 3.56. The number of fused-ring (bicyclic) bond motifs is 1. The minimum Gasteiger partial charge on any atom is -0.497 e. The number of methoxy groups -OCH3 is 1. The number of urea groups is 1. The molecular formula is C21H20N4O3. The van der Waals surface area contributed by atoms with Gasteiger partial charge < -0.3 is 25.9 Å². The standard InChI is InChI=1S/C21H20N4O3/c1-27-17-6-4-5-15(13-17)24-21(26)23-14-9-11-16(12-10-14)25-20(22)18-7-2-3-8-19(18)28-25/h2-13,20H,22H2,1H3,(H2,23,24,26). The molecule has 1 aliphatic rings. The van der Waals surface area contributed by atoms with Gasteiger partial charge in [-0.05, 0) is 42.5 Å². The van der Waals surface area contributed by atoms with Crippen LogP contribution in [0.3, 0.4) is 0 Å². The van der Waals surface area contributed by atoms with Crippen LogP contribution in [0.2, 0.25) is 0 Å². The van der Waals surface area contributed by atoms with Gasteiger partial charge in [0, 0.05) is 23.0 Å². The molecule has 1 aliphatic heterocycles. The molecule has 142 valence electrons. The Labute approximate surface area is 162 Å². The number of carbonyl (C=O) groups is 1. The highest BCUT2D eigenvalue weighted by molar-refractivity contribution is 5.99. The van der Waals surface area contributed by atoms with E-state index in [0.717, 1.165) is 17.0 Å². The maximum Gasteiger partial charge on any atom is 0.323 e. The number of ether oxygens (including phenoxy) is 1. The maximum absolute atomic E-state index is 12.2. The fraction of sp³-hybridized carbons (Fsp3) is 0.0952. The minimum atomic E-state index is -0.383. The van der Waals surface area contributed by atoms with E-state index in [9.17, 15) is 4.79 Å². The van der Waals surface area contributed by atoms with Crippen molar-refractivity contribution in [2.75, 3.05) is 22.8 Å². The first-order valence-electron chi connectivity index (χ1n) is 8.78. The summed E-state index contributed by atoms with van der Waals surface area (Å²) in [5.74, 6) is 1.42. The normalized spacial score (nSPS) is 14.8. The Morgan fingerprint density at radius 1 is 1.00 bits per heavy atom. The van der Waals surface area contributed by atoms with Crippen LogP contribution in [0.4, 0.5) is 21.9 Å². The lowest BCUT2D eigenvalue weighted by Gasteiger charge is -2.21. The van der Waals surface area contributed by atoms with Crippen molar-refractivity contribution < 1.29 is 14.4 Å². The van der Waals surface area contributed by atoms with Crippen LogP contribution < -0.4 is 31.0 Å². The SMILES string of the molecule is COc1cccc(NC(=O)Nc2ccc(N3Oc4ccccc4C3N)cc2)c1. The predicted octanol–water partition coefficient (Wildman–Crippen LogP) is 4.11. The molecule has 3 aromatic carbocycles. The van der Waals surface area contributed by atoms with Gasteiger partial charge >= 0.3 is 6.03 Å². The second-order valence-electron chi connectivity index (χ2n) is 6.26. The molecule has 7 heteroatoms. The van der Waals surface area contributed by atoms with Gasteiger partial charge in [-0.2, -0.15) is 5.06 Å². The molecular weight excluding hydrogens is 356 g/mol. The molecule has 1 unspecified atom stereocenters. The van der Waals surface area contributed by atoms with Gasteiger partial charge in [-0.15, -0.1) is 0 Å². The van der Waals surface area contributed by atoms with Gasteiger partial charge in [-0.25, -0.2) is 4.79 Å². The Morgan fingerprint density at radius 2 is 1.75 bits per heavy atom. The average molecular weight is 376 g/mol. The number of hydroxylamine groups is 1. The van der Waals surface area contributed by atoms with Gasteiger partial charge in [-0.3, -0.25) is 0 Å². The quantitative estimate of drug-likeness (QED) is 0.638. The van der Waals surface area contributed by atoms with Crippen LogP contribution in [-0.4, -0.2) is 13.1 Å². The third-order valence-corrected chi connectivity index (χ3v) is 4.39. The monoisotopic (exact) mass is 376 g/mol. The zero-order valence-corrected chi connectivity index (χ0v) is 15.3. The van der Waals surface area contributed by atoms with Crippen molar-refractivity contribution >= 4 is 23.1 Å². The summed E-state index contributed by atoms with van der Waals surface area (Å²) in [6.07, 6.45) is -0.383. The molecule has 2 amide bonds. The predicted molar refractivity (Wildman–Crippen MR) is 109 cm³/mol. The summed E-state index contributed by atoms with van der Waals surface area (Å²) in [7, 11) is 1.58. The molecule has 0 bridgehead atoms. The van der Waals surface area contributed by atoms with Crippen molar-refractivity contribution in [2.24, 2.45) is 5.73 Å². The second-order valence-corrected chi connectivity index (χ2v) is 6.26. The number of carbonyl (C=O) groups excluding carboxylic acids is 1. The van der Waals surface area contributed by atoms with E-state index >= 15 is 0 Å². The molecule has 3 aromatic rings. The molecule has 0 saturated carbocycles. The first kappa shape index (κ1) is 17.7. The Bertz CT molecular complexity index is 991. The van der Waals surface area contributed by atoms with Crippen molar-refractivity contribution in [2.45, 2.75) is 6.17 Å². The summed E-state index contributed by atoms with van der Waals surface area (Å²) in [5.41, 5.74) is 9.28. The zero-order chi connectivity index (χ0) is 19.5. The van der Waals surface area contributed by atoms with Gasteiger partial charge in [0.1, 0.15) is 11.9 Å². The molecule has 28 heavy (non-hydrogen) atoms. The average Bonchev–Trinajstić information content (AvgIpc) is 3.05. The van der Waals surface area contributed by atoms with E-state index in [1.54, 1.807) is 42.5 Å². The highest BCUT2D eigenvalue weighted by Crippen LogP contribution is 2.37. The molecule has 0 fully saturated rings. The van der Waals surface area contributed by atoms with Gasteiger partial charge in [-0.1, -0.05) is 24.3 Å². The lowest BCUT2D eigenvalue weighted by molar-refractivity contribution is 0.262. The number of nitrogens with two attached hydrogens (primary N) is 1. The molecule has 1 heterocycles. The van der Waals surface area contributed by atoms with Crippen molar-refractivity contribution in [3.63, 3.8) is 0 Å². The van der Waals surface area contributed by atoms with Crippen LogP contribution in [0.15, 0.2) is 72.8 Å². The topological polar surface area (TPSA) is 88.8 Å². The van der Waals surface area contributed by atoms with E-state index in [2.05, 4.69) is 10.6 Å². The van der Waals surface area contributed by atoms with E-state index in [0.29, 0.717) is 17.1 Å². The van der Waals surface area contributed by atoms with Crippen LogP contribution in [0.1, 0.15) is 11.7 Å². The molecule has 1 atom stereocenters. The molecule has 0 aromatic heterocycles. The van der Waals surface area contributed by atoms with Crippen LogP contribution in [0.25, 0.3) is 0 Å². The van der Waals surface area contributed by atoms with E-state index in [1.807, 2.05) is 42.5 Å². The minimum absolute atomic E-state index is 0.345. The highest BCUT2D eigenvalue weighted by atomic mass is 16.7. The Morgan fingerprint density at radius 3 is 2.50 bits per heavy atom. The molecule has 0 aliphatic carbocycles.